The van der Waals surface area contributed by atoms with E-state index in [-0.39, 0.29) is 37.3 Å². The number of fused-ring (bicyclic) bond motifs is 3. The van der Waals surface area contributed by atoms with Crippen molar-refractivity contribution in [2.75, 3.05) is 13.7 Å². The van der Waals surface area contributed by atoms with Crippen LogP contribution in [0.1, 0.15) is 92.9 Å². The Kier molecular flexibility index (Phi) is 14.6. The van der Waals surface area contributed by atoms with Gasteiger partial charge in [-0.25, -0.2) is 23.6 Å². The van der Waals surface area contributed by atoms with Crippen LogP contribution < -0.4 is 35.1 Å². The fourth-order valence-electron chi connectivity index (χ4n) is 8.75. The molecule has 7 atom stereocenters. The minimum absolute atomic E-state index is 0.0113. The third-order valence-electron chi connectivity index (χ3n) is 13.0. The molecular weight excluding hydrogens is 912 g/mol. The summed E-state index contributed by atoms with van der Waals surface area (Å²) in [4.78, 5) is 67.6. The maximum Gasteiger partial charge on any atom is 0.427 e. The molecule has 2 aliphatic carbocycles. The lowest BCUT2D eigenvalue weighted by molar-refractivity contribution is -0.244. The lowest BCUT2D eigenvalue weighted by atomic mass is 9.85. The van der Waals surface area contributed by atoms with Gasteiger partial charge in [0, 0.05) is 17.7 Å². The molecule has 0 spiro atoms. The third kappa shape index (κ3) is 11.2. The van der Waals surface area contributed by atoms with Crippen molar-refractivity contribution in [2.45, 2.75) is 140 Å². The van der Waals surface area contributed by atoms with Crippen LogP contribution in [0.15, 0.2) is 54.7 Å². The number of benzene rings is 1. The second-order valence-electron chi connectivity index (χ2n) is 19.0. The number of hydrogen-bond donors (Lipinski definition) is 4. The monoisotopic (exact) mass is 971 g/mol. The van der Waals surface area contributed by atoms with Crippen LogP contribution in [0.3, 0.4) is 0 Å². The Morgan fingerprint density at radius 1 is 1.03 bits per heavy atom. The Bertz CT molecular complexity index is 2520. The maximum atomic E-state index is 15.2. The molecule has 2 aliphatic heterocycles. The number of sulfonamides is 1. The van der Waals surface area contributed by atoms with Crippen molar-refractivity contribution < 1.29 is 59.7 Å². The van der Waals surface area contributed by atoms with Crippen LogP contribution in [0, 0.1) is 17.8 Å². The van der Waals surface area contributed by atoms with Gasteiger partial charge in [-0.2, -0.15) is 13.2 Å². The lowest BCUT2D eigenvalue weighted by Gasteiger charge is -2.34. The van der Waals surface area contributed by atoms with Crippen molar-refractivity contribution in [3.8, 4) is 28.8 Å². The zero-order valence-electron chi connectivity index (χ0n) is 39.1. The zero-order chi connectivity index (χ0) is 49.3. The highest BCUT2D eigenvalue weighted by molar-refractivity contribution is 7.91. The number of hydrazine groups is 1. The van der Waals surface area contributed by atoms with Gasteiger partial charge in [0.15, 0.2) is 0 Å². The molecule has 68 heavy (non-hydrogen) atoms. The van der Waals surface area contributed by atoms with E-state index in [1.807, 2.05) is 39.8 Å². The molecule has 1 aromatic carbocycles. The predicted octanol–water partition coefficient (Wildman–Crippen LogP) is 6.27. The maximum absolute atomic E-state index is 15.2. The number of methoxy groups -OCH3 is 1. The molecular formula is C47H60F3N7O10S. The van der Waals surface area contributed by atoms with Crippen LogP contribution in [-0.4, -0.2) is 108 Å². The first kappa shape index (κ1) is 50.2. The van der Waals surface area contributed by atoms with E-state index in [2.05, 4.69) is 25.9 Å². The third-order valence-corrected chi connectivity index (χ3v) is 14.8. The number of pyridine rings is 2. The number of rotatable bonds is 13. The van der Waals surface area contributed by atoms with Gasteiger partial charge in [0.25, 0.3) is 5.91 Å². The van der Waals surface area contributed by atoms with E-state index in [1.165, 1.54) is 12.0 Å². The molecule has 0 unspecified atom stereocenters. The van der Waals surface area contributed by atoms with Gasteiger partial charge in [-0.15, -0.1) is 0 Å². The highest BCUT2D eigenvalue weighted by atomic mass is 32.2. The molecule has 4 aliphatic rings. The first-order valence-electron chi connectivity index (χ1n) is 23.0. The highest BCUT2D eigenvalue weighted by Gasteiger charge is 2.62. The zero-order valence-corrected chi connectivity index (χ0v) is 40.0. The standard InChI is InChI=1S/C47H60F3N7O10S/c1-8-28-19-27(4)11-9-10-12-30-23-46(30,43(60)56-68(62,63)34-15-16-34)53-40(58)38-22-33(25-57(38)42(59)39(28)54-55-44(61)67-45(5,6)47(48,49)50)66-41-35-17-13-31(64-7)20-29(35)21-37(52-41)36-18-14-32(24-51-36)65-26(2)3/h10,12-14,17-18,20-21,24,26-28,30,33-34,38-39,54H,8-9,11,15-16,19,22-23,25H2,1-7H3,(H,53,58)(H,55,61)(H,56,60)/b12-10-/t27-,28-,30-,33-,38+,39+,46-/m1/s1. The second kappa shape index (κ2) is 19.7. The van der Waals surface area contributed by atoms with Gasteiger partial charge in [-0.3, -0.25) is 29.5 Å². The first-order valence-corrected chi connectivity index (χ1v) is 24.5. The molecule has 4 amide bonds. The Morgan fingerprint density at radius 3 is 2.41 bits per heavy atom. The van der Waals surface area contributed by atoms with Crippen molar-refractivity contribution in [1.82, 2.24) is 35.8 Å². The van der Waals surface area contributed by atoms with E-state index in [0.29, 0.717) is 86.0 Å². The van der Waals surface area contributed by atoms with E-state index < -0.39 is 86.4 Å². The summed E-state index contributed by atoms with van der Waals surface area (Å²) in [6.45, 7) is 8.79. The molecule has 4 heterocycles. The normalized spacial score (nSPS) is 26.4. The molecule has 2 aromatic heterocycles. The van der Waals surface area contributed by atoms with Gasteiger partial charge in [0.2, 0.25) is 33.3 Å². The van der Waals surface area contributed by atoms with Crippen LogP contribution >= 0.6 is 0 Å². The molecule has 3 aromatic rings. The van der Waals surface area contributed by atoms with Gasteiger partial charge < -0.3 is 29.2 Å². The molecule has 370 valence electrons. The molecule has 1 saturated heterocycles. The lowest BCUT2D eigenvalue weighted by Crippen LogP contribution is -2.61. The predicted molar refractivity (Wildman–Crippen MR) is 243 cm³/mol. The number of allylic oxidation sites excluding steroid dienone is 1. The molecule has 0 bridgehead atoms. The minimum Gasteiger partial charge on any atom is -0.497 e. The van der Waals surface area contributed by atoms with Crippen LogP contribution in [0.2, 0.25) is 0 Å². The summed E-state index contributed by atoms with van der Waals surface area (Å²) in [5.74, 6) is -2.17. The van der Waals surface area contributed by atoms with E-state index >= 15 is 4.79 Å². The van der Waals surface area contributed by atoms with Gasteiger partial charge in [0.1, 0.15) is 35.2 Å². The van der Waals surface area contributed by atoms with Crippen LogP contribution in [0.25, 0.3) is 22.2 Å². The largest absolute Gasteiger partial charge is 0.497 e. The SMILES string of the molecule is CC[C@@H]1C[C@H](C)CC/C=C\[C@@H]2C[C@@]2(C(=O)NS(=O)(=O)C2CC2)NC(=O)[C@@H]2C[C@@H](Oc3nc(-c4ccc(OC(C)C)cn4)cc4cc(OC)ccc34)CN2C(=O)[C@H]1NNC(=O)OC(C)(C)C(F)(F)F. The average Bonchev–Trinajstić information content (AvgIpc) is 4.20. The summed E-state index contributed by atoms with van der Waals surface area (Å²) >= 11 is 0. The number of aromatic nitrogens is 2. The Hall–Kier alpha value is -5.70. The molecule has 7 rings (SSSR count). The van der Waals surface area contributed by atoms with Crippen LogP contribution in [0.5, 0.6) is 17.4 Å². The minimum atomic E-state index is -4.91. The van der Waals surface area contributed by atoms with Crippen molar-refractivity contribution in [3.05, 3.63) is 54.7 Å². The first-order chi connectivity index (χ1) is 32.0. The molecule has 4 N–H and O–H groups in total. The number of nitrogens with zero attached hydrogens (tertiary/aromatic N) is 3. The number of halogens is 3. The molecule has 3 fully saturated rings. The number of carbonyl (C=O) groups excluding carboxylic acids is 4. The van der Waals surface area contributed by atoms with E-state index in [0.717, 1.165) is 0 Å². The summed E-state index contributed by atoms with van der Waals surface area (Å²) in [5.41, 5.74) is 1.23. The Labute approximate surface area is 393 Å². The fourth-order valence-corrected chi connectivity index (χ4v) is 10.1. The number of nitrogens with one attached hydrogen (secondary N) is 4. The van der Waals surface area contributed by atoms with Crippen molar-refractivity contribution in [2.24, 2.45) is 17.8 Å². The molecule has 0 radical (unpaired) electrons. The van der Waals surface area contributed by atoms with E-state index in [9.17, 15) is 36.0 Å². The quantitative estimate of drug-likeness (QED) is 0.110. The van der Waals surface area contributed by atoms with Crippen LogP contribution in [-0.2, 0) is 29.1 Å². The summed E-state index contributed by atoms with van der Waals surface area (Å²) in [6, 6.07) is 7.99. The topological polar surface area (TPSA) is 216 Å². The van der Waals surface area contributed by atoms with Gasteiger partial charge in [0.05, 0.1) is 42.6 Å². The Balaban J connectivity index is 1.26. The Morgan fingerprint density at radius 2 is 1.76 bits per heavy atom. The average molecular weight is 972 g/mol. The number of alkyl halides is 3. The number of ether oxygens (including phenoxy) is 4. The van der Waals surface area contributed by atoms with Gasteiger partial charge >= 0.3 is 12.3 Å². The van der Waals surface area contributed by atoms with Crippen molar-refractivity contribution >= 4 is 44.6 Å². The highest BCUT2D eigenvalue weighted by Crippen LogP contribution is 2.46. The number of carbonyl (C=O) groups is 4. The number of hydrogen-bond acceptors (Lipinski definition) is 13. The van der Waals surface area contributed by atoms with E-state index in [4.69, 9.17) is 23.9 Å². The summed E-state index contributed by atoms with van der Waals surface area (Å²) in [7, 11) is -2.48. The summed E-state index contributed by atoms with van der Waals surface area (Å²) < 4.78 is 92.2. The number of amides is 4. The van der Waals surface area contributed by atoms with E-state index in [1.54, 1.807) is 42.6 Å². The van der Waals surface area contributed by atoms with Crippen LogP contribution in [0.4, 0.5) is 18.0 Å². The smallest absolute Gasteiger partial charge is 0.427 e. The van der Waals surface area contributed by atoms with Crippen molar-refractivity contribution in [1.29, 1.82) is 0 Å². The second-order valence-corrected chi connectivity index (χ2v) is 21.0. The molecule has 17 nitrogen and oxygen atoms in total. The summed E-state index contributed by atoms with van der Waals surface area (Å²) in [5, 5.41) is 3.37. The molecule has 2 saturated carbocycles. The molecule has 21 heteroatoms. The summed E-state index contributed by atoms with van der Waals surface area (Å²) in [6.07, 6.45) is 0.659. The van der Waals surface area contributed by atoms with Crippen molar-refractivity contribution in [3.63, 3.8) is 0 Å². The fraction of sp³-hybridized carbons (Fsp3) is 0.574. The van der Waals surface area contributed by atoms with Gasteiger partial charge in [-0.05, 0) is 120 Å². The van der Waals surface area contributed by atoms with Gasteiger partial charge in [-0.1, -0.05) is 32.4 Å².